The van der Waals surface area contributed by atoms with E-state index in [1.165, 1.54) is 56.1 Å². The van der Waals surface area contributed by atoms with Crippen molar-refractivity contribution in [3.8, 4) is 0 Å². The zero-order chi connectivity index (χ0) is 14.0. The van der Waals surface area contributed by atoms with Crippen molar-refractivity contribution in [3.63, 3.8) is 0 Å². The van der Waals surface area contributed by atoms with E-state index in [2.05, 4.69) is 40.0 Å². The standard InChI is InChI=1S/C19H30/c1-14(2)17-10-9-16(5)13-18(17)19(15(3)4)11-7-6-8-12-19/h13,17-18H,1,3,6-12H2,2,4-5H3. The molecule has 0 aliphatic heterocycles. The lowest BCUT2D eigenvalue weighted by atomic mass is 9.56. The molecule has 2 rings (SSSR count). The van der Waals surface area contributed by atoms with Gasteiger partial charge in [0.1, 0.15) is 0 Å². The fraction of sp³-hybridized carbons (Fsp3) is 0.684. The molecule has 0 aromatic rings. The van der Waals surface area contributed by atoms with Crippen molar-refractivity contribution in [2.45, 2.75) is 65.7 Å². The third-order valence-electron chi connectivity index (χ3n) is 5.61. The van der Waals surface area contributed by atoms with Crippen molar-refractivity contribution in [3.05, 3.63) is 36.0 Å². The Kier molecular flexibility index (Phi) is 4.38. The summed E-state index contributed by atoms with van der Waals surface area (Å²) in [6.45, 7) is 15.5. The minimum absolute atomic E-state index is 0.351. The van der Waals surface area contributed by atoms with Crippen molar-refractivity contribution in [1.29, 1.82) is 0 Å². The summed E-state index contributed by atoms with van der Waals surface area (Å²) in [5.41, 5.74) is 4.71. The fourth-order valence-corrected chi connectivity index (χ4v) is 4.39. The average Bonchev–Trinajstić information content (AvgIpc) is 2.38. The van der Waals surface area contributed by atoms with Gasteiger partial charge in [-0.05, 0) is 63.7 Å². The van der Waals surface area contributed by atoms with Crippen LogP contribution in [-0.2, 0) is 0 Å². The lowest BCUT2D eigenvalue weighted by Crippen LogP contribution is -2.39. The molecule has 0 aromatic carbocycles. The molecular formula is C19H30. The zero-order valence-electron chi connectivity index (χ0n) is 13.1. The average molecular weight is 258 g/mol. The van der Waals surface area contributed by atoms with Gasteiger partial charge in [-0.2, -0.15) is 0 Å². The third kappa shape index (κ3) is 2.73. The van der Waals surface area contributed by atoms with E-state index < -0.39 is 0 Å². The van der Waals surface area contributed by atoms with Gasteiger partial charge in [-0.15, -0.1) is 0 Å². The predicted molar refractivity (Wildman–Crippen MR) is 85.1 cm³/mol. The maximum atomic E-state index is 4.39. The highest BCUT2D eigenvalue weighted by atomic mass is 14.5. The molecule has 2 aliphatic carbocycles. The molecule has 2 atom stereocenters. The van der Waals surface area contributed by atoms with Gasteiger partial charge in [0.15, 0.2) is 0 Å². The van der Waals surface area contributed by atoms with Crippen LogP contribution in [0.5, 0.6) is 0 Å². The first-order valence-electron chi connectivity index (χ1n) is 7.96. The Hall–Kier alpha value is -0.780. The Bertz CT molecular complexity index is 390. The third-order valence-corrected chi connectivity index (χ3v) is 5.61. The molecule has 0 aromatic heterocycles. The molecule has 0 saturated heterocycles. The highest BCUT2D eigenvalue weighted by molar-refractivity contribution is 5.24. The number of hydrogen-bond donors (Lipinski definition) is 0. The van der Waals surface area contributed by atoms with Gasteiger partial charge in [0, 0.05) is 0 Å². The smallest absolute Gasteiger partial charge is 0.00250 e. The van der Waals surface area contributed by atoms with Crippen LogP contribution in [0.2, 0.25) is 0 Å². The molecule has 19 heavy (non-hydrogen) atoms. The quantitative estimate of drug-likeness (QED) is 0.540. The van der Waals surface area contributed by atoms with Crippen molar-refractivity contribution >= 4 is 0 Å². The van der Waals surface area contributed by atoms with E-state index in [0.717, 1.165) is 0 Å². The number of rotatable bonds is 3. The minimum atomic E-state index is 0.351. The molecule has 0 bridgehead atoms. The van der Waals surface area contributed by atoms with Crippen LogP contribution in [0, 0.1) is 17.3 Å². The second-order valence-corrected chi connectivity index (χ2v) is 7.03. The van der Waals surface area contributed by atoms with Gasteiger partial charge in [0.05, 0.1) is 0 Å². The van der Waals surface area contributed by atoms with Gasteiger partial charge >= 0.3 is 0 Å². The summed E-state index contributed by atoms with van der Waals surface area (Å²) < 4.78 is 0. The SMILES string of the molecule is C=C(C)C1CCC(C)=CC1C1(C(=C)C)CCCCC1. The normalized spacial score (nSPS) is 30.6. The van der Waals surface area contributed by atoms with Gasteiger partial charge in [-0.3, -0.25) is 0 Å². The van der Waals surface area contributed by atoms with Crippen molar-refractivity contribution in [2.75, 3.05) is 0 Å². The Morgan fingerprint density at radius 2 is 1.79 bits per heavy atom. The lowest BCUT2D eigenvalue weighted by molar-refractivity contribution is 0.128. The van der Waals surface area contributed by atoms with Crippen molar-refractivity contribution in [2.24, 2.45) is 17.3 Å². The largest absolute Gasteiger partial charge is 0.0998 e. The monoisotopic (exact) mass is 258 g/mol. The molecule has 0 N–H and O–H groups in total. The summed E-state index contributed by atoms with van der Waals surface area (Å²) in [6, 6.07) is 0. The van der Waals surface area contributed by atoms with Gasteiger partial charge in [-0.1, -0.05) is 55.2 Å². The van der Waals surface area contributed by atoms with E-state index >= 15 is 0 Å². The Morgan fingerprint density at radius 1 is 1.16 bits per heavy atom. The molecule has 1 saturated carbocycles. The first-order chi connectivity index (χ1) is 8.97. The molecule has 106 valence electrons. The Morgan fingerprint density at radius 3 is 2.32 bits per heavy atom. The molecular weight excluding hydrogens is 228 g/mol. The van der Waals surface area contributed by atoms with Gasteiger partial charge in [-0.25, -0.2) is 0 Å². The molecule has 0 heteroatoms. The topological polar surface area (TPSA) is 0 Å². The molecule has 2 aliphatic rings. The van der Waals surface area contributed by atoms with E-state index in [1.54, 1.807) is 5.57 Å². The summed E-state index contributed by atoms with van der Waals surface area (Å²) in [5.74, 6) is 1.31. The van der Waals surface area contributed by atoms with Crippen molar-refractivity contribution in [1.82, 2.24) is 0 Å². The van der Waals surface area contributed by atoms with Crippen LogP contribution >= 0.6 is 0 Å². The highest BCUT2D eigenvalue weighted by Crippen LogP contribution is 2.54. The molecule has 0 amide bonds. The Labute approximate surface area is 119 Å². The van der Waals surface area contributed by atoms with Crippen LogP contribution in [0.1, 0.15) is 65.7 Å². The molecule has 0 spiro atoms. The van der Waals surface area contributed by atoms with Crippen LogP contribution in [0.4, 0.5) is 0 Å². The summed E-state index contributed by atoms with van der Waals surface area (Å²) >= 11 is 0. The second-order valence-electron chi connectivity index (χ2n) is 7.03. The van der Waals surface area contributed by atoms with Crippen LogP contribution in [0.25, 0.3) is 0 Å². The van der Waals surface area contributed by atoms with Gasteiger partial charge < -0.3 is 0 Å². The second kappa shape index (κ2) is 5.69. The summed E-state index contributed by atoms with van der Waals surface area (Å²) in [7, 11) is 0. The van der Waals surface area contributed by atoms with Crippen molar-refractivity contribution < 1.29 is 0 Å². The molecule has 1 fully saturated rings. The fourth-order valence-electron chi connectivity index (χ4n) is 4.39. The molecule has 0 radical (unpaired) electrons. The maximum Gasteiger partial charge on any atom is -0.00250 e. The van der Waals surface area contributed by atoms with Gasteiger partial charge in [0.25, 0.3) is 0 Å². The summed E-state index contributed by atoms with van der Waals surface area (Å²) in [6.07, 6.45) is 11.9. The maximum absolute atomic E-state index is 4.39. The van der Waals surface area contributed by atoms with E-state index in [4.69, 9.17) is 0 Å². The highest BCUT2D eigenvalue weighted by Gasteiger charge is 2.44. The number of allylic oxidation sites excluding steroid dienone is 4. The van der Waals surface area contributed by atoms with E-state index in [9.17, 15) is 0 Å². The Balaban J connectivity index is 2.39. The van der Waals surface area contributed by atoms with E-state index in [-0.39, 0.29) is 0 Å². The predicted octanol–water partition coefficient (Wildman–Crippen LogP) is 6.06. The molecule has 0 nitrogen and oxygen atoms in total. The minimum Gasteiger partial charge on any atom is -0.0998 e. The van der Waals surface area contributed by atoms with E-state index in [0.29, 0.717) is 17.3 Å². The van der Waals surface area contributed by atoms with Gasteiger partial charge in [0.2, 0.25) is 0 Å². The summed E-state index contributed by atoms with van der Waals surface area (Å²) in [4.78, 5) is 0. The van der Waals surface area contributed by atoms with Crippen LogP contribution < -0.4 is 0 Å². The van der Waals surface area contributed by atoms with E-state index in [1.807, 2.05) is 0 Å². The first kappa shape index (κ1) is 14.6. The summed E-state index contributed by atoms with van der Waals surface area (Å²) in [5, 5.41) is 0. The lowest BCUT2D eigenvalue weighted by Gasteiger charge is -2.48. The number of hydrogen-bond acceptors (Lipinski definition) is 0. The van der Waals surface area contributed by atoms with Crippen LogP contribution in [0.15, 0.2) is 36.0 Å². The van der Waals surface area contributed by atoms with Crippen LogP contribution in [-0.4, -0.2) is 0 Å². The molecule has 2 unspecified atom stereocenters. The molecule has 0 heterocycles. The van der Waals surface area contributed by atoms with Crippen LogP contribution in [0.3, 0.4) is 0 Å². The zero-order valence-corrected chi connectivity index (χ0v) is 13.1. The first-order valence-corrected chi connectivity index (χ1v) is 7.96.